The highest BCUT2D eigenvalue weighted by atomic mass is 28.4. The van der Waals surface area contributed by atoms with E-state index >= 15 is 0 Å². The molecule has 0 aromatic rings. The monoisotopic (exact) mass is 398 g/mol. The van der Waals surface area contributed by atoms with E-state index in [0.29, 0.717) is 0 Å². The summed E-state index contributed by atoms with van der Waals surface area (Å²) in [5, 5.41) is 0. The Morgan fingerprint density at radius 3 is 1.30 bits per heavy atom. The van der Waals surface area contributed by atoms with Crippen LogP contribution >= 0.6 is 0 Å². The molecule has 0 heterocycles. The molecular formula is C25H54OSi. The Hall–Kier alpha value is 0.177. The van der Waals surface area contributed by atoms with Crippen LogP contribution in [0.25, 0.3) is 0 Å². The number of hydrogen-bond acceptors (Lipinski definition) is 1. The van der Waals surface area contributed by atoms with Gasteiger partial charge in [-0.1, -0.05) is 123 Å². The predicted molar refractivity (Wildman–Crippen MR) is 127 cm³/mol. The van der Waals surface area contributed by atoms with E-state index in [2.05, 4.69) is 33.5 Å². The lowest BCUT2D eigenvalue weighted by Crippen LogP contribution is -2.25. The first kappa shape index (κ1) is 27.2. The third-order valence-corrected chi connectivity index (χ3v) is 6.73. The van der Waals surface area contributed by atoms with Gasteiger partial charge in [0.2, 0.25) is 0 Å². The second kappa shape index (κ2) is 19.5. The molecule has 0 aromatic carbocycles. The van der Waals surface area contributed by atoms with Crippen LogP contribution in [0.2, 0.25) is 19.6 Å². The smallest absolute Gasteiger partial charge is 0.183 e. The highest BCUT2D eigenvalue weighted by Gasteiger charge is 2.12. The highest BCUT2D eigenvalue weighted by Crippen LogP contribution is 2.17. The molecule has 0 N–H and O–H groups in total. The van der Waals surface area contributed by atoms with Crippen molar-refractivity contribution in [1.29, 1.82) is 0 Å². The van der Waals surface area contributed by atoms with Gasteiger partial charge in [-0.25, -0.2) is 0 Å². The molecule has 164 valence electrons. The van der Waals surface area contributed by atoms with Gasteiger partial charge in [0.1, 0.15) is 0 Å². The topological polar surface area (TPSA) is 9.23 Å². The lowest BCUT2D eigenvalue weighted by molar-refractivity contribution is 0.298. The van der Waals surface area contributed by atoms with E-state index in [0.717, 1.165) is 12.5 Å². The molecule has 0 rings (SSSR count). The SMILES string of the molecule is CCCC(C)CCCCCCCCCCCCCCCCCO[Si](C)(C)C. The van der Waals surface area contributed by atoms with Gasteiger partial charge in [-0.05, 0) is 32.0 Å². The van der Waals surface area contributed by atoms with Crippen LogP contribution in [0.4, 0.5) is 0 Å². The summed E-state index contributed by atoms with van der Waals surface area (Å²) in [7, 11) is -1.27. The van der Waals surface area contributed by atoms with Crippen LogP contribution in [0.5, 0.6) is 0 Å². The second-order valence-corrected chi connectivity index (χ2v) is 14.5. The molecule has 1 nitrogen and oxygen atoms in total. The maximum atomic E-state index is 5.91. The van der Waals surface area contributed by atoms with Crippen LogP contribution in [-0.4, -0.2) is 14.9 Å². The van der Waals surface area contributed by atoms with Crippen molar-refractivity contribution >= 4 is 8.32 Å². The van der Waals surface area contributed by atoms with Gasteiger partial charge in [0.05, 0.1) is 0 Å². The maximum Gasteiger partial charge on any atom is 0.183 e. The summed E-state index contributed by atoms with van der Waals surface area (Å²) in [4.78, 5) is 0. The summed E-state index contributed by atoms with van der Waals surface area (Å²) in [6, 6.07) is 0. The normalized spacial score (nSPS) is 13.2. The fraction of sp³-hybridized carbons (Fsp3) is 1.00. The van der Waals surface area contributed by atoms with Gasteiger partial charge >= 0.3 is 0 Å². The van der Waals surface area contributed by atoms with E-state index in [-0.39, 0.29) is 0 Å². The standard InChI is InChI=1S/C25H54OSi/c1-6-22-25(2)23-20-18-16-14-12-10-8-7-9-11-13-15-17-19-21-24-26-27(3,4)5/h25H,6-24H2,1-5H3. The zero-order chi connectivity index (χ0) is 20.2. The van der Waals surface area contributed by atoms with Crippen molar-refractivity contribution in [2.75, 3.05) is 6.61 Å². The first-order chi connectivity index (χ1) is 13.0. The van der Waals surface area contributed by atoms with E-state index in [1.807, 2.05) is 0 Å². The average Bonchev–Trinajstić information content (AvgIpc) is 2.60. The Morgan fingerprint density at radius 2 is 0.926 bits per heavy atom. The van der Waals surface area contributed by atoms with Crippen LogP contribution in [0.1, 0.15) is 129 Å². The summed E-state index contributed by atoms with van der Waals surface area (Å²) in [5.41, 5.74) is 0. The third kappa shape index (κ3) is 24.1. The first-order valence-electron chi connectivity index (χ1n) is 12.6. The Labute approximate surface area is 174 Å². The van der Waals surface area contributed by atoms with Crippen molar-refractivity contribution in [1.82, 2.24) is 0 Å². The molecule has 0 aliphatic heterocycles. The van der Waals surface area contributed by atoms with Crippen molar-refractivity contribution in [3.8, 4) is 0 Å². The van der Waals surface area contributed by atoms with Crippen molar-refractivity contribution in [2.24, 2.45) is 5.92 Å². The molecule has 1 unspecified atom stereocenters. The van der Waals surface area contributed by atoms with Crippen LogP contribution in [-0.2, 0) is 4.43 Å². The number of hydrogen-bond donors (Lipinski definition) is 0. The molecule has 0 aromatic heterocycles. The highest BCUT2D eigenvalue weighted by molar-refractivity contribution is 6.69. The van der Waals surface area contributed by atoms with Gasteiger partial charge in [-0.2, -0.15) is 0 Å². The van der Waals surface area contributed by atoms with Crippen molar-refractivity contribution in [2.45, 2.75) is 149 Å². The lowest BCUT2D eigenvalue weighted by atomic mass is 9.98. The molecule has 0 radical (unpaired) electrons. The summed E-state index contributed by atoms with van der Waals surface area (Å²) in [6.45, 7) is 12.6. The fourth-order valence-electron chi connectivity index (χ4n) is 3.91. The van der Waals surface area contributed by atoms with Crippen LogP contribution < -0.4 is 0 Å². The molecule has 0 fully saturated rings. The van der Waals surface area contributed by atoms with E-state index < -0.39 is 8.32 Å². The van der Waals surface area contributed by atoms with Gasteiger partial charge in [0, 0.05) is 6.61 Å². The Morgan fingerprint density at radius 1 is 0.556 bits per heavy atom. The van der Waals surface area contributed by atoms with Crippen molar-refractivity contribution < 1.29 is 4.43 Å². The van der Waals surface area contributed by atoms with E-state index in [4.69, 9.17) is 4.43 Å². The molecule has 0 saturated heterocycles. The Kier molecular flexibility index (Phi) is 19.6. The largest absolute Gasteiger partial charge is 0.418 e. The number of unbranched alkanes of at least 4 members (excludes halogenated alkanes) is 14. The minimum absolute atomic E-state index is 0.957. The minimum atomic E-state index is -1.27. The summed E-state index contributed by atoms with van der Waals surface area (Å²) in [5.74, 6) is 0.957. The van der Waals surface area contributed by atoms with Crippen molar-refractivity contribution in [3.63, 3.8) is 0 Å². The zero-order valence-corrected chi connectivity index (χ0v) is 20.9. The Balaban J connectivity index is 3.07. The predicted octanol–water partition coefficient (Wildman–Crippen LogP) is 9.52. The van der Waals surface area contributed by atoms with Crippen LogP contribution in [0.3, 0.4) is 0 Å². The molecule has 27 heavy (non-hydrogen) atoms. The van der Waals surface area contributed by atoms with Crippen LogP contribution in [0, 0.1) is 5.92 Å². The molecule has 0 aliphatic carbocycles. The molecule has 0 aliphatic rings. The molecule has 2 heteroatoms. The van der Waals surface area contributed by atoms with E-state index in [1.54, 1.807) is 0 Å². The quantitative estimate of drug-likeness (QED) is 0.138. The average molecular weight is 399 g/mol. The minimum Gasteiger partial charge on any atom is -0.418 e. The molecule has 0 bridgehead atoms. The summed E-state index contributed by atoms with van der Waals surface area (Å²) >= 11 is 0. The second-order valence-electron chi connectivity index (χ2n) is 9.95. The summed E-state index contributed by atoms with van der Waals surface area (Å²) in [6.07, 6.45) is 25.9. The van der Waals surface area contributed by atoms with Gasteiger partial charge in [0.15, 0.2) is 8.32 Å². The fourth-order valence-corrected chi connectivity index (χ4v) is 4.67. The molecule has 0 amide bonds. The molecule has 0 saturated carbocycles. The van der Waals surface area contributed by atoms with Gasteiger partial charge in [-0.15, -0.1) is 0 Å². The summed E-state index contributed by atoms with van der Waals surface area (Å²) < 4.78 is 5.91. The first-order valence-corrected chi connectivity index (χ1v) is 16.0. The van der Waals surface area contributed by atoms with E-state index in [9.17, 15) is 0 Å². The van der Waals surface area contributed by atoms with Crippen molar-refractivity contribution in [3.05, 3.63) is 0 Å². The van der Waals surface area contributed by atoms with Gasteiger partial charge < -0.3 is 4.43 Å². The van der Waals surface area contributed by atoms with Gasteiger partial charge in [-0.3, -0.25) is 0 Å². The third-order valence-electron chi connectivity index (χ3n) is 5.66. The van der Waals surface area contributed by atoms with E-state index in [1.165, 1.54) is 116 Å². The molecular weight excluding hydrogens is 344 g/mol. The van der Waals surface area contributed by atoms with Crippen LogP contribution in [0.15, 0.2) is 0 Å². The molecule has 0 spiro atoms. The lowest BCUT2D eigenvalue weighted by Gasteiger charge is -2.16. The zero-order valence-electron chi connectivity index (χ0n) is 19.9. The Bertz CT molecular complexity index is 285. The van der Waals surface area contributed by atoms with Gasteiger partial charge in [0.25, 0.3) is 0 Å². The maximum absolute atomic E-state index is 5.91. The molecule has 1 atom stereocenters. The number of rotatable bonds is 21.